The Morgan fingerprint density at radius 1 is 1.10 bits per heavy atom. The molecule has 2 N–H and O–H groups in total. The lowest BCUT2D eigenvalue weighted by atomic mass is 10.2. The van der Waals surface area contributed by atoms with Gasteiger partial charge < -0.3 is 15.2 Å². The standard InChI is InChI=1S/C11H18F2N2O5S/c1-2-9(16)14-7-5-3-4-6-8-15-10(17)11(12,13)21(18,19)20/h2H,1,3-8H2,(H,14,16)(H,15,17)(H,18,19,20)/p-1. The van der Waals surface area contributed by atoms with Gasteiger partial charge in [-0.25, -0.2) is 8.42 Å². The summed E-state index contributed by atoms with van der Waals surface area (Å²) < 4.78 is 56.0. The summed E-state index contributed by atoms with van der Waals surface area (Å²) in [6.07, 6.45) is 3.41. The highest BCUT2D eigenvalue weighted by molar-refractivity contribution is 7.87. The van der Waals surface area contributed by atoms with Crippen LogP contribution in [0.2, 0.25) is 0 Å². The second kappa shape index (κ2) is 8.67. The molecule has 122 valence electrons. The molecule has 7 nitrogen and oxygen atoms in total. The Morgan fingerprint density at radius 3 is 2.00 bits per heavy atom. The lowest BCUT2D eigenvalue weighted by Crippen LogP contribution is -2.46. The van der Waals surface area contributed by atoms with Crippen molar-refractivity contribution < 1.29 is 31.3 Å². The molecule has 0 aromatic carbocycles. The number of hydrogen-bond acceptors (Lipinski definition) is 5. The number of alkyl halides is 2. The van der Waals surface area contributed by atoms with Gasteiger partial charge in [0.25, 0.3) is 0 Å². The van der Waals surface area contributed by atoms with Crippen LogP contribution in [0.1, 0.15) is 25.7 Å². The fourth-order valence-electron chi connectivity index (χ4n) is 1.31. The molecule has 0 radical (unpaired) electrons. The second-order valence-corrected chi connectivity index (χ2v) is 5.56. The maximum Gasteiger partial charge on any atom is 0.410 e. The minimum Gasteiger partial charge on any atom is -0.743 e. The van der Waals surface area contributed by atoms with Crippen LogP contribution in [0, 0.1) is 0 Å². The summed E-state index contributed by atoms with van der Waals surface area (Å²) in [6, 6.07) is 0. The van der Waals surface area contributed by atoms with E-state index in [1.807, 2.05) is 0 Å². The average Bonchev–Trinajstić information content (AvgIpc) is 2.39. The van der Waals surface area contributed by atoms with Gasteiger partial charge in [0, 0.05) is 13.1 Å². The molecule has 0 spiro atoms. The average molecular weight is 327 g/mol. The van der Waals surface area contributed by atoms with Gasteiger partial charge in [0.2, 0.25) is 5.91 Å². The molecule has 0 fully saturated rings. The van der Waals surface area contributed by atoms with Crippen molar-refractivity contribution in [3.8, 4) is 0 Å². The second-order valence-electron chi connectivity index (χ2n) is 4.14. The van der Waals surface area contributed by atoms with Gasteiger partial charge in [-0.05, 0) is 18.9 Å². The van der Waals surface area contributed by atoms with Gasteiger partial charge in [-0.15, -0.1) is 0 Å². The number of carbonyl (C=O) groups is 2. The summed E-state index contributed by atoms with van der Waals surface area (Å²) in [5.74, 6) is -2.40. The predicted molar refractivity (Wildman–Crippen MR) is 69.3 cm³/mol. The number of hydrogen-bond donors (Lipinski definition) is 2. The van der Waals surface area contributed by atoms with E-state index in [9.17, 15) is 31.3 Å². The molecule has 0 bridgehead atoms. The highest BCUT2D eigenvalue weighted by Gasteiger charge is 2.46. The Bertz CT molecular complexity index is 479. The largest absolute Gasteiger partial charge is 0.743 e. The fraction of sp³-hybridized carbons (Fsp3) is 0.636. The van der Waals surface area contributed by atoms with Gasteiger partial charge in [-0.1, -0.05) is 19.4 Å². The number of carbonyl (C=O) groups excluding carboxylic acids is 2. The first-order valence-electron chi connectivity index (χ1n) is 6.14. The molecule has 0 aliphatic heterocycles. The Morgan fingerprint density at radius 2 is 1.57 bits per heavy atom. The molecule has 0 heterocycles. The zero-order chi connectivity index (χ0) is 16.5. The molecule has 21 heavy (non-hydrogen) atoms. The Kier molecular flexibility index (Phi) is 8.03. The monoisotopic (exact) mass is 327 g/mol. The summed E-state index contributed by atoms with van der Waals surface area (Å²) in [6.45, 7) is 3.56. The summed E-state index contributed by atoms with van der Waals surface area (Å²) in [4.78, 5) is 21.6. The first kappa shape index (κ1) is 19.4. The lowest BCUT2D eigenvalue weighted by molar-refractivity contribution is -0.136. The zero-order valence-electron chi connectivity index (χ0n) is 11.2. The van der Waals surface area contributed by atoms with Crippen molar-refractivity contribution in [3.63, 3.8) is 0 Å². The third kappa shape index (κ3) is 7.14. The van der Waals surface area contributed by atoms with Crippen LogP contribution in [0.5, 0.6) is 0 Å². The van der Waals surface area contributed by atoms with E-state index in [1.54, 1.807) is 5.32 Å². The third-order valence-electron chi connectivity index (χ3n) is 2.45. The van der Waals surface area contributed by atoms with E-state index in [4.69, 9.17) is 0 Å². The smallest absolute Gasteiger partial charge is 0.410 e. The topological polar surface area (TPSA) is 115 Å². The molecular weight excluding hydrogens is 310 g/mol. The van der Waals surface area contributed by atoms with E-state index >= 15 is 0 Å². The van der Waals surface area contributed by atoms with Crippen molar-refractivity contribution in [2.75, 3.05) is 13.1 Å². The minimum atomic E-state index is -6.01. The molecule has 10 heteroatoms. The first-order chi connectivity index (χ1) is 9.63. The summed E-state index contributed by atoms with van der Waals surface area (Å²) in [5, 5.41) is -0.709. The van der Waals surface area contributed by atoms with E-state index in [1.165, 1.54) is 0 Å². The van der Waals surface area contributed by atoms with Crippen LogP contribution >= 0.6 is 0 Å². The Hall–Kier alpha value is -1.55. The third-order valence-corrected chi connectivity index (χ3v) is 3.27. The van der Waals surface area contributed by atoms with E-state index in [2.05, 4.69) is 11.9 Å². The van der Waals surface area contributed by atoms with Gasteiger partial charge in [-0.2, -0.15) is 8.78 Å². The number of halogens is 2. The maximum atomic E-state index is 12.7. The normalized spacial score (nSPS) is 11.8. The highest BCUT2D eigenvalue weighted by Crippen LogP contribution is 2.20. The molecule has 0 aromatic heterocycles. The summed E-state index contributed by atoms with van der Waals surface area (Å²) in [7, 11) is -6.01. The van der Waals surface area contributed by atoms with Gasteiger partial charge in [0.15, 0.2) is 10.1 Å². The molecule has 0 saturated heterocycles. The minimum absolute atomic E-state index is 0.164. The van der Waals surface area contributed by atoms with Crippen molar-refractivity contribution in [2.45, 2.75) is 30.9 Å². The molecule has 0 saturated carbocycles. The van der Waals surface area contributed by atoms with Crippen molar-refractivity contribution in [3.05, 3.63) is 12.7 Å². The summed E-state index contributed by atoms with van der Waals surface area (Å²) >= 11 is 0. The van der Waals surface area contributed by atoms with Crippen molar-refractivity contribution in [1.29, 1.82) is 0 Å². The van der Waals surface area contributed by atoms with Gasteiger partial charge >= 0.3 is 11.2 Å². The molecule has 0 aromatic rings. The van der Waals surface area contributed by atoms with Crippen LogP contribution in [0.3, 0.4) is 0 Å². The number of nitrogens with one attached hydrogen (secondary N) is 2. The predicted octanol–water partition coefficient (Wildman–Crippen LogP) is 0.103. The van der Waals surface area contributed by atoms with Crippen molar-refractivity contribution >= 4 is 21.9 Å². The van der Waals surface area contributed by atoms with E-state index < -0.39 is 21.3 Å². The zero-order valence-corrected chi connectivity index (χ0v) is 12.0. The van der Waals surface area contributed by atoms with Gasteiger partial charge in [-0.3, -0.25) is 9.59 Å². The quantitative estimate of drug-likeness (QED) is 0.335. The van der Waals surface area contributed by atoms with Gasteiger partial charge in [0.05, 0.1) is 0 Å². The van der Waals surface area contributed by atoms with Crippen LogP contribution in [0.15, 0.2) is 12.7 Å². The SMILES string of the molecule is C=CC(=O)NCCCCCCNC(=O)C(F)(F)S(=O)(=O)[O-]. The van der Waals surface area contributed by atoms with Crippen LogP contribution in [-0.4, -0.2) is 43.1 Å². The van der Waals surface area contributed by atoms with Crippen LogP contribution in [0.4, 0.5) is 8.78 Å². The lowest BCUT2D eigenvalue weighted by Gasteiger charge is -2.18. The van der Waals surface area contributed by atoms with Crippen LogP contribution < -0.4 is 10.6 Å². The Labute approximate surface area is 121 Å². The van der Waals surface area contributed by atoms with E-state index in [-0.39, 0.29) is 12.5 Å². The van der Waals surface area contributed by atoms with E-state index in [0.29, 0.717) is 32.2 Å². The number of rotatable bonds is 10. The first-order valence-corrected chi connectivity index (χ1v) is 7.55. The van der Waals surface area contributed by atoms with Gasteiger partial charge in [0.1, 0.15) is 0 Å². The van der Waals surface area contributed by atoms with Crippen LogP contribution in [-0.2, 0) is 19.7 Å². The number of unbranched alkanes of at least 4 members (excludes halogenated alkanes) is 3. The Balaban J connectivity index is 3.75. The molecule has 0 aliphatic rings. The molecular formula is C11H17F2N2O5S-. The van der Waals surface area contributed by atoms with E-state index in [0.717, 1.165) is 6.08 Å². The van der Waals surface area contributed by atoms with Crippen molar-refractivity contribution in [2.24, 2.45) is 0 Å². The molecule has 0 atom stereocenters. The van der Waals surface area contributed by atoms with Crippen LogP contribution in [0.25, 0.3) is 0 Å². The molecule has 0 aliphatic carbocycles. The van der Waals surface area contributed by atoms with Crippen molar-refractivity contribution in [1.82, 2.24) is 10.6 Å². The summed E-state index contributed by atoms with van der Waals surface area (Å²) in [5.41, 5.74) is 0. The molecule has 0 rings (SSSR count). The molecule has 2 amide bonds. The maximum absolute atomic E-state index is 12.7. The molecule has 0 unspecified atom stereocenters. The fourth-order valence-corrected chi connectivity index (χ4v) is 1.60. The highest BCUT2D eigenvalue weighted by atomic mass is 32.2. The number of amides is 2.